The van der Waals surface area contributed by atoms with E-state index in [2.05, 4.69) is 25.3 Å². The Kier molecular flexibility index (Phi) is 8.69. The molecular weight excluding hydrogens is 495 g/mol. The number of aromatic nitrogens is 2. The van der Waals surface area contributed by atoms with Crippen LogP contribution in [-0.2, 0) is 30.5 Å². The number of nitrogens with zero attached hydrogens (tertiary/aromatic N) is 2. The number of imidazole rings is 1. The summed E-state index contributed by atoms with van der Waals surface area (Å²) in [5.41, 5.74) is 3.57. The van der Waals surface area contributed by atoms with Gasteiger partial charge in [-0.25, -0.2) is 14.2 Å². The zero-order valence-corrected chi connectivity index (χ0v) is 22.9. The Morgan fingerprint density at radius 3 is 2.46 bits per heavy atom. The SMILES string of the molecule is COC(=O)c1c(F)cccc1-c1ccc(CCc2ncc(CC(C)(C)C)n2CCOc2cccc(O)c2)cc1. The first-order valence-electron chi connectivity index (χ1n) is 13.1. The van der Waals surface area contributed by atoms with Crippen LogP contribution in [0.1, 0.15) is 48.2 Å². The molecule has 6 nitrogen and oxygen atoms in total. The van der Waals surface area contributed by atoms with Gasteiger partial charge in [0.15, 0.2) is 0 Å². The predicted molar refractivity (Wildman–Crippen MR) is 150 cm³/mol. The Labute approximate surface area is 229 Å². The third-order valence-corrected chi connectivity index (χ3v) is 6.44. The molecule has 0 aliphatic heterocycles. The van der Waals surface area contributed by atoms with Gasteiger partial charge in [0.2, 0.25) is 0 Å². The van der Waals surface area contributed by atoms with Gasteiger partial charge in [-0.15, -0.1) is 0 Å². The summed E-state index contributed by atoms with van der Waals surface area (Å²) < 4.78 is 27.3. The maximum absolute atomic E-state index is 14.4. The smallest absolute Gasteiger partial charge is 0.341 e. The Bertz CT molecular complexity index is 1420. The van der Waals surface area contributed by atoms with Crippen LogP contribution >= 0.6 is 0 Å². The lowest BCUT2D eigenvalue weighted by molar-refractivity contribution is 0.0596. The number of phenolic OH excluding ortho intramolecular Hbond substituents is 1. The average Bonchev–Trinajstić information content (AvgIpc) is 3.26. The van der Waals surface area contributed by atoms with Gasteiger partial charge in [0.25, 0.3) is 0 Å². The molecule has 0 amide bonds. The number of aryl methyl sites for hydroxylation is 2. The molecule has 0 aliphatic carbocycles. The largest absolute Gasteiger partial charge is 0.508 e. The molecule has 39 heavy (non-hydrogen) atoms. The number of hydrogen-bond acceptors (Lipinski definition) is 5. The molecule has 0 fully saturated rings. The topological polar surface area (TPSA) is 73.6 Å². The standard InChI is InChI=1S/C32H35FN2O4/c1-32(2,3)20-24-21-34-29(35(24)17-18-39-26-8-5-7-25(36)19-26)16-13-22-11-14-23(15-12-22)27-9-6-10-28(33)30(27)31(37)38-4/h5-12,14-15,19,21,36H,13,16-18,20H2,1-4H3. The highest BCUT2D eigenvalue weighted by atomic mass is 19.1. The third kappa shape index (κ3) is 7.25. The van der Waals surface area contributed by atoms with E-state index in [1.54, 1.807) is 30.3 Å². The van der Waals surface area contributed by atoms with Crippen LogP contribution in [0.5, 0.6) is 11.5 Å². The van der Waals surface area contributed by atoms with Gasteiger partial charge in [0.05, 0.1) is 13.7 Å². The number of phenols is 1. The first kappa shape index (κ1) is 27.9. The lowest BCUT2D eigenvalue weighted by Crippen LogP contribution is -2.18. The van der Waals surface area contributed by atoms with Crippen LogP contribution in [0.3, 0.4) is 0 Å². The Balaban J connectivity index is 1.48. The minimum atomic E-state index is -0.696. The zero-order chi connectivity index (χ0) is 28.0. The van der Waals surface area contributed by atoms with Crippen molar-refractivity contribution in [2.75, 3.05) is 13.7 Å². The van der Waals surface area contributed by atoms with Crippen LogP contribution in [0, 0.1) is 11.2 Å². The van der Waals surface area contributed by atoms with E-state index in [9.17, 15) is 14.3 Å². The van der Waals surface area contributed by atoms with Gasteiger partial charge in [-0.3, -0.25) is 0 Å². The molecule has 0 radical (unpaired) electrons. The summed E-state index contributed by atoms with van der Waals surface area (Å²) in [5.74, 6) is 0.486. The third-order valence-electron chi connectivity index (χ3n) is 6.44. The number of aromatic hydroxyl groups is 1. The summed E-state index contributed by atoms with van der Waals surface area (Å²) in [6.45, 7) is 7.72. The summed E-state index contributed by atoms with van der Waals surface area (Å²) >= 11 is 0. The number of ether oxygens (including phenoxy) is 2. The van der Waals surface area contributed by atoms with Crippen LogP contribution < -0.4 is 4.74 Å². The van der Waals surface area contributed by atoms with Gasteiger partial charge in [-0.2, -0.15) is 0 Å². The molecule has 0 spiro atoms. The summed E-state index contributed by atoms with van der Waals surface area (Å²) in [5, 5.41) is 9.70. The summed E-state index contributed by atoms with van der Waals surface area (Å²) in [6, 6.07) is 19.2. The fraction of sp³-hybridized carbons (Fsp3) is 0.312. The van der Waals surface area contributed by atoms with E-state index in [1.807, 2.05) is 36.5 Å². The molecule has 0 saturated heterocycles. The van der Waals surface area contributed by atoms with E-state index in [-0.39, 0.29) is 16.7 Å². The molecule has 0 unspecified atom stereocenters. The van der Waals surface area contributed by atoms with E-state index < -0.39 is 11.8 Å². The highest BCUT2D eigenvalue weighted by molar-refractivity contribution is 5.97. The van der Waals surface area contributed by atoms with Gasteiger partial charge in [-0.1, -0.05) is 63.2 Å². The van der Waals surface area contributed by atoms with Crippen LogP contribution in [0.25, 0.3) is 11.1 Å². The molecule has 204 valence electrons. The molecule has 7 heteroatoms. The van der Waals surface area contributed by atoms with Crippen LogP contribution in [0.2, 0.25) is 0 Å². The summed E-state index contributed by atoms with van der Waals surface area (Å²) in [6.07, 6.45) is 4.35. The maximum Gasteiger partial charge on any atom is 0.341 e. The average molecular weight is 531 g/mol. The Morgan fingerprint density at radius 1 is 1.03 bits per heavy atom. The van der Waals surface area contributed by atoms with E-state index >= 15 is 0 Å². The van der Waals surface area contributed by atoms with E-state index in [0.29, 0.717) is 24.5 Å². The lowest BCUT2D eigenvalue weighted by atomic mass is 9.91. The molecule has 1 heterocycles. The number of methoxy groups -OCH3 is 1. The normalized spacial score (nSPS) is 11.4. The highest BCUT2D eigenvalue weighted by Gasteiger charge is 2.19. The van der Waals surface area contributed by atoms with E-state index in [0.717, 1.165) is 41.9 Å². The minimum Gasteiger partial charge on any atom is -0.508 e. The Morgan fingerprint density at radius 2 is 1.77 bits per heavy atom. The second kappa shape index (κ2) is 12.2. The first-order chi connectivity index (χ1) is 18.6. The molecule has 0 aliphatic rings. The first-order valence-corrected chi connectivity index (χ1v) is 13.1. The van der Waals surface area contributed by atoms with Crippen LogP contribution in [0.4, 0.5) is 4.39 Å². The number of hydrogen-bond donors (Lipinski definition) is 1. The van der Waals surface area contributed by atoms with Crippen molar-refractivity contribution in [1.29, 1.82) is 0 Å². The van der Waals surface area contributed by atoms with Crippen LogP contribution in [-0.4, -0.2) is 34.3 Å². The van der Waals surface area contributed by atoms with Crippen LogP contribution in [0.15, 0.2) is 72.9 Å². The quantitative estimate of drug-likeness (QED) is 0.233. The van der Waals surface area contributed by atoms with Crippen molar-refractivity contribution < 1.29 is 23.8 Å². The lowest BCUT2D eigenvalue weighted by Gasteiger charge is -2.20. The van der Waals surface area contributed by atoms with Crippen molar-refractivity contribution in [3.8, 4) is 22.6 Å². The molecule has 4 aromatic rings. The van der Waals surface area contributed by atoms with Crippen molar-refractivity contribution >= 4 is 5.97 Å². The van der Waals surface area contributed by atoms with E-state index in [1.165, 1.54) is 13.2 Å². The van der Waals surface area contributed by atoms with Crippen molar-refractivity contribution in [3.05, 3.63) is 101 Å². The molecule has 3 aromatic carbocycles. The zero-order valence-electron chi connectivity index (χ0n) is 22.9. The van der Waals surface area contributed by atoms with E-state index in [4.69, 9.17) is 14.5 Å². The number of esters is 1. The number of carbonyl (C=O) groups excluding carboxylic acids is 1. The number of rotatable bonds is 10. The molecule has 0 atom stereocenters. The van der Waals surface area contributed by atoms with Crippen molar-refractivity contribution in [1.82, 2.24) is 9.55 Å². The highest BCUT2D eigenvalue weighted by Crippen LogP contribution is 2.27. The molecule has 1 N–H and O–H groups in total. The maximum atomic E-state index is 14.4. The second-order valence-corrected chi connectivity index (χ2v) is 10.8. The number of benzene rings is 3. The molecule has 1 aromatic heterocycles. The van der Waals surface area contributed by atoms with Crippen molar-refractivity contribution in [3.63, 3.8) is 0 Å². The summed E-state index contributed by atoms with van der Waals surface area (Å²) in [4.78, 5) is 16.9. The van der Waals surface area contributed by atoms with Gasteiger partial charge < -0.3 is 19.1 Å². The Hall–Kier alpha value is -4.13. The summed E-state index contributed by atoms with van der Waals surface area (Å²) in [7, 11) is 1.25. The minimum absolute atomic E-state index is 0.0610. The molecular formula is C32H35FN2O4. The second-order valence-electron chi connectivity index (χ2n) is 10.8. The fourth-order valence-corrected chi connectivity index (χ4v) is 4.62. The predicted octanol–water partition coefficient (Wildman–Crippen LogP) is 6.63. The molecule has 0 bridgehead atoms. The van der Waals surface area contributed by atoms with Crippen molar-refractivity contribution in [2.24, 2.45) is 5.41 Å². The monoisotopic (exact) mass is 530 g/mol. The van der Waals surface area contributed by atoms with Gasteiger partial charge in [0, 0.05) is 24.4 Å². The fourth-order valence-electron chi connectivity index (χ4n) is 4.62. The number of halogens is 1. The van der Waals surface area contributed by atoms with Crippen molar-refractivity contribution in [2.45, 2.75) is 46.6 Å². The van der Waals surface area contributed by atoms with Gasteiger partial charge in [0.1, 0.15) is 35.3 Å². The molecule has 0 saturated carbocycles. The van der Waals surface area contributed by atoms with Gasteiger partial charge in [-0.05, 0) is 53.1 Å². The van der Waals surface area contributed by atoms with Gasteiger partial charge >= 0.3 is 5.97 Å². The number of carbonyl (C=O) groups is 1. The molecule has 4 rings (SSSR count).